The zero-order chi connectivity index (χ0) is 11.7. The molecule has 2 atom stereocenters. The smallest absolute Gasteiger partial charge is 0.0630 e. The summed E-state index contributed by atoms with van der Waals surface area (Å²) >= 11 is 3.59. The summed E-state index contributed by atoms with van der Waals surface area (Å²) in [6.45, 7) is 4.03. The van der Waals surface area contributed by atoms with Crippen molar-refractivity contribution in [1.82, 2.24) is 4.90 Å². The Bertz CT molecular complexity index is 396. The van der Waals surface area contributed by atoms with E-state index in [2.05, 4.69) is 45.1 Å². The number of rotatable bonds is 3. The van der Waals surface area contributed by atoms with Gasteiger partial charge in [-0.1, -0.05) is 40.2 Å². The van der Waals surface area contributed by atoms with E-state index in [9.17, 15) is 0 Å². The molecule has 1 saturated heterocycles. The molecule has 0 radical (unpaired) electrons. The van der Waals surface area contributed by atoms with E-state index in [1.807, 2.05) is 0 Å². The molecule has 0 amide bonds. The van der Waals surface area contributed by atoms with Gasteiger partial charge in [-0.2, -0.15) is 0 Å². The van der Waals surface area contributed by atoms with E-state index in [1.54, 1.807) is 11.1 Å². The molecular formula is C14H18BrNO. The van der Waals surface area contributed by atoms with Crippen LogP contribution in [0.1, 0.15) is 17.0 Å². The normalized spacial score (nSPS) is 28.5. The quantitative estimate of drug-likeness (QED) is 0.794. The first kappa shape index (κ1) is 11.7. The molecule has 2 nitrogen and oxygen atoms in total. The van der Waals surface area contributed by atoms with Crippen molar-refractivity contribution in [3.8, 4) is 0 Å². The van der Waals surface area contributed by atoms with Crippen LogP contribution in [0.15, 0.2) is 24.3 Å². The minimum Gasteiger partial charge on any atom is -0.378 e. The van der Waals surface area contributed by atoms with Crippen LogP contribution in [0.3, 0.4) is 0 Å². The third-order valence-corrected chi connectivity index (χ3v) is 4.69. The molecule has 1 aliphatic carbocycles. The predicted octanol–water partition coefficient (Wildman–Crippen LogP) is 2.42. The number of alkyl halides is 1. The van der Waals surface area contributed by atoms with Crippen LogP contribution in [0.2, 0.25) is 0 Å². The molecule has 1 aliphatic heterocycles. The lowest BCUT2D eigenvalue weighted by Gasteiger charge is -2.40. The van der Waals surface area contributed by atoms with Crippen LogP contribution in [-0.2, 0) is 11.2 Å². The molecule has 3 rings (SSSR count). The summed E-state index contributed by atoms with van der Waals surface area (Å²) in [5.41, 5.74) is 3.11. The maximum atomic E-state index is 5.53. The molecular weight excluding hydrogens is 278 g/mol. The number of morpholine rings is 1. The van der Waals surface area contributed by atoms with Gasteiger partial charge in [0.15, 0.2) is 0 Å². The molecule has 2 unspecified atom stereocenters. The third-order valence-electron chi connectivity index (χ3n) is 3.94. The van der Waals surface area contributed by atoms with Gasteiger partial charge in [0.2, 0.25) is 0 Å². The van der Waals surface area contributed by atoms with Gasteiger partial charge in [-0.05, 0) is 17.5 Å². The standard InChI is InChI=1S/C14H18BrNO/c15-8-13-10-17-6-5-16(13)9-12-7-11-3-1-2-4-14(11)12/h1-4,12-13H,5-10H2. The van der Waals surface area contributed by atoms with Crippen LogP contribution in [0.25, 0.3) is 0 Å². The van der Waals surface area contributed by atoms with Gasteiger partial charge in [-0.3, -0.25) is 4.90 Å². The molecule has 2 aliphatic rings. The van der Waals surface area contributed by atoms with Gasteiger partial charge in [-0.15, -0.1) is 0 Å². The summed E-state index contributed by atoms with van der Waals surface area (Å²) in [4.78, 5) is 2.58. The number of hydrogen-bond donors (Lipinski definition) is 0. The second-order valence-corrected chi connectivity index (χ2v) is 5.63. The van der Waals surface area contributed by atoms with Crippen LogP contribution in [-0.4, -0.2) is 42.6 Å². The lowest BCUT2D eigenvalue weighted by Crippen LogP contribution is -2.49. The first-order chi connectivity index (χ1) is 8.38. The van der Waals surface area contributed by atoms with E-state index in [4.69, 9.17) is 4.74 Å². The van der Waals surface area contributed by atoms with Crippen LogP contribution < -0.4 is 0 Å². The van der Waals surface area contributed by atoms with Gasteiger partial charge in [0, 0.05) is 30.4 Å². The molecule has 1 aromatic rings. The predicted molar refractivity (Wildman–Crippen MR) is 72.9 cm³/mol. The minimum atomic E-state index is 0.552. The fourth-order valence-electron chi connectivity index (χ4n) is 2.88. The summed E-state index contributed by atoms with van der Waals surface area (Å²) < 4.78 is 5.53. The molecule has 17 heavy (non-hydrogen) atoms. The van der Waals surface area contributed by atoms with Gasteiger partial charge in [0.05, 0.1) is 13.2 Å². The Kier molecular flexibility index (Phi) is 3.50. The first-order valence-corrected chi connectivity index (χ1v) is 7.46. The monoisotopic (exact) mass is 295 g/mol. The molecule has 0 spiro atoms. The molecule has 0 bridgehead atoms. The van der Waals surface area contributed by atoms with E-state index in [1.165, 1.54) is 13.0 Å². The number of nitrogens with zero attached hydrogens (tertiary/aromatic N) is 1. The van der Waals surface area contributed by atoms with Gasteiger partial charge in [0.25, 0.3) is 0 Å². The highest BCUT2D eigenvalue weighted by Gasteiger charge is 2.30. The highest BCUT2D eigenvalue weighted by atomic mass is 79.9. The summed E-state index contributed by atoms with van der Waals surface area (Å²) in [7, 11) is 0. The number of hydrogen-bond acceptors (Lipinski definition) is 2. The van der Waals surface area contributed by atoms with Crippen molar-refractivity contribution < 1.29 is 4.74 Å². The maximum absolute atomic E-state index is 5.53. The maximum Gasteiger partial charge on any atom is 0.0630 e. The number of ether oxygens (including phenoxy) is 1. The van der Waals surface area contributed by atoms with Crippen molar-refractivity contribution in [2.24, 2.45) is 0 Å². The Balaban J connectivity index is 1.65. The topological polar surface area (TPSA) is 12.5 Å². The Labute approximate surface area is 111 Å². The van der Waals surface area contributed by atoms with E-state index < -0.39 is 0 Å². The average Bonchev–Trinajstić information content (AvgIpc) is 2.36. The summed E-state index contributed by atoms with van der Waals surface area (Å²) in [6, 6.07) is 9.40. The van der Waals surface area contributed by atoms with E-state index in [0.29, 0.717) is 6.04 Å². The van der Waals surface area contributed by atoms with E-state index in [-0.39, 0.29) is 0 Å². The lowest BCUT2D eigenvalue weighted by atomic mass is 9.77. The second-order valence-electron chi connectivity index (χ2n) is 4.98. The highest BCUT2D eigenvalue weighted by Crippen LogP contribution is 2.35. The summed E-state index contributed by atoms with van der Waals surface area (Å²) in [6.07, 6.45) is 1.25. The molecule has 3 heteroatoms. The van der Waals surface area contributed by atoms with Crippen LogP contribution in [0, 0.1) is 0 Å². The van der Waals surface area contributed by atoms with E-state index in [0.717, 1.165) is 31.0 Å². The minimum absolute atomic E-state index is 0.552. The molecule has 0 saturated carbocycles. The van der Waals surface area contributed by atoms with E-state index >= 15 is 0 Å². The summed E-state index contributed by atoms with van der Waals surface area (Å²) in [5.74, 6) is 0.742. The number of fused-ring (bicyclic) bond motifs is 1. The lowest BCUT2D eigenvalue weighted by molar-refractivity contribution is -0.00176. The van der Waals surface area contributed by atoms with Gasteiger partial charge in [-0.25, -0.2) is 0 Å². The first-order valence-electron chi connectivity index (χ1n) is 6.34. The Morgan fingerprint density at radius 1 is 1.35 bits per heavy atom. The molecule has 0 aromatic heterocycles. The Morgan fingerprint density at radius 3 is 3.06 bits per heavy atom. The molecule has 1 fully saturated rings. The molecule has 0 N–H and O–H groups in total. The van der Waals surface area contributed by atoms with Gasteiger partial charge in [0.1, 0.15) is 0 Å². The zero-order valence-electron chi connectivity index (χ0n) is 9.94. The molecule has 1 heterocycles. The third kappa shape index (κ3) is 2.28. The van der Waals surface area contributed by atoms with Crippen molar-refractivity contribution in [2.75, 3.05) is 31.6 Å². The second kappa shape index (κ2) is 5.09. The molecule has 1 aromatic carbocycles. The average molecular weight is 296 g/mol. The fraction of sp³-hybridized carbons (Fsp3) is 0.571. The van der Waals surface area contributed by atoms with Crippen LogP contribution >= 0.6 is 15.9 Å². The Morgan fingerprint density at radius 2 is 2.24 bits per heavy atom. The zero-order valence-corrected chi connectivity index (χ0v) is 11.5. The highest BCUT2D eigenvalue weighted by molar-refractivity contribution is 9.09. The van der Waals surface area contributed by atoms with Crippen molar-refractivity contribution in [3.05, 3.63) is 35.4 Å². The SMILES string of the molecule is BrCC1COCCN1CC1Cc2ccccc21. The largest absolute Gasteiger partial charge is 0.378 e. The van der Waals surface area contributed by atoms with Crippen molar-refractivity contribution >= 4 is 15.9 Å². The fourth-order valence-corrected chi connectivity index (χ4v) is 3.48. The van der Waals surface area contributed by atoms with Gasteiger partial charge >= 0.3 is 0 Å². The van der Waals surface area contributed by atoms with Crippen molar-refractivity contribution in [1.29, 1.82) is 0 Å². The van der Waals surface area contributed by atoms with Crippen molar-refractivity contribution in [3.63, 3.8) is 0 Å². The number of halogens is 1. The Hall–Kier alpha value is -0.380. The number of benzene rings is 1. The van der Waals surface area contributed by atoms with Crippen LogP contribution in [0.4, 0.5) is 0 Å². The van der Waals surface area contributed by atoms with Crippen LogP contribution in [0.5, 0.6) is 0 Å². The summed E-state index contributed by atoms with van der Waals surface area (Å²) in [5, 5.41) is 1.02. The van der Waals surface area contributed by atoms with Gasteiger partial charge < -0.3 is 4.74 Å². The molecule has 92 valence electrons. The van der Waals surface area contributed by atoms with Crippen molar-refractivity contribution in [2.45, 2.75) is 18.4 Å².